The summed E-state index contributed by atoms with van der Waals surface area (Å²) >= 11 is 5.78. The molecule has 1 aliphatic rings. The van der Waals surface area contributed by atoms with Gasteiger partial charge in [-0.2, -0.15) is 0 Å². The summed E-state index contributed by atoms with van der Waals surface area (Å²) in [5, 5.41) is 0.0925. The fraction of sp³-hybridized carbons (Fsp3) is 0.154. The van der Waals surface area contributed by atoms with E-state index < -0.39 is 0 Å². The van der Waals surface area contributed by atoms with E-state index in [1.54, 1.807) is 24.3 Å². The summed E-state index contributed by atoms with van der Waals surface area (Å²) in [5.74, 6) is 1.02. The monoisotopic (exact) mass is 264 g/mol. The first-order valence-corrected chi connectivity index (χ1v) is 5.81. The van der Waals surface area contributed by atoms with Crippen LogP contribution in [0.4, 0.5) is 0 Å². The number of carbonyl (C=O) groups excluding carboxylic acids is 1. The Morgan fingerprint density at radius 3 is 2.61 bits per heavy atom. The Bertz CT molecular complexity index is 603. The first-order valence-electron chi connectivity index (χ1n) is 5.43. The van der Waals surface area contributed by atoms with Gasteiger partial charge in [0.05, 0.1) is 11.8 Å². The quantitative estimate of drug-likeness (QED) is 0.783. The zero-order chi connectivity index (χ0) is 12.5. The van der Waals surface area contributed by atoms with Gasteiger partial charge >= 0.3 is 0 Å². The molecule has 0 unspecified atom stereocenters. The topological polar surface area (TPSA) is 48.7 Å². The second-order valence-electron chi connectivity index (χ2n) is 3.80. The maximum atomic E-state index is 12.2. The average molecular weight is 265 g/mol. The lowest BCUT2D eigenvalue weighted by Crippen LogP contribution is -2.15. The van der Waals surface area contributed by atoms with Gasteiger partial charge in [0, 0.05) is 5.56 Å². The van der Waals surface area contributed by atoms with Gasteiger partial charge in [-0.3, -0.25) is 4.79 Å². The third kappa shape index (κ3) is 1.84. The Morgan fingerprint density at radius 1 is 1.11 bits per heavy atom. The SMILES string of the molecule is O=C(c1ccc2c(c1)OCCO2)c1ccoc1Cl. The molecule has 1 aromatic heterocycles. The van der Waals surface area contributed by atoms with Crippen molar-refractivity contribution in [1.29, 1.82) is 0 Å². The van der Waals surface area contributed by atoms with E-state index in [1.165, 1.54) is 6.26 Å². The van der Waals surface area contributed by atoms with Gasteiger partial charge in [-0.1, -0.05) is 0 Å². The zero-order valence-electron chi connectivity index (χ0n) is 9.31. The third-order valence-electron chi connectivity index (χ3n) is 2.67. The van der Waals surface area contributed by atoms with Gasteiger partial charge in [0.15, 0.2) is 17.3 Å². The molecule has 0 fully saturated rings. The standard InChI is InChI=1S/C13H9ClO4/c14-13-9(3-4-18-13)12(15)8-1-2-10-11(7-8)17-6-5-16-10/h1-4,7H,5-6H2. The van der Waals surface area contributed by atoms with Crippen LogP contribution in [0.3, 0.4) is 0 Å². The molecule has 0 radical (unpaired) electrons. The van der Waals surface area contributed by atoms with Gasteiger partial charge in [-0.05, 0) is 35.9 Å². The second kappa shape index (κ2) is 4.38. The molecule has 0 bridgehead atoms. The molecule has 0 aliphatic carbocycles. The van der Waals surface area contributed by atoms with Gasteiger partial charge in [0.2, 0.25) is 5.22 Å². The summed E-state index contributed by atoms with van der Waals surface area (Å²) in [6.07, 6.45) is 1.38. The predicted octanol–water partition coefficient (Wildman–Crippen LogP) is 2.94. The molecule has 3 rings (SSSR count). The number of carbonyl (C=O) groups is 1. The number of fused-ring (bicyclic) bond motifs is 1. The first-order chi connectivity index (χ1) is 8.75. The lowest BCUT2D eigenvalue weighted by Gasteiger charge is -2.18. The number of ketones is 1. The predicted molar refractivity (Wildman–Crippen MR) is 64.6 cm³/mol. The van der Waals surface area contributed by atoms with Crippen molar-refractivity contribution in [3.8, 4) is 11.5 Å². The molecule has 2 aromatic rings. The molecule has 92 valence electrons. The molecule has 4 nitrogen and oxygen atoms in total. The van der Waals surface area contributed by atoms with E-state index in [0.29, 0.717) is 35.8 Å². The van der Waals surface area contributed by atoms with Gasteiger partial charge in [0.25, 0.3) is 0 Å². The van der Waals surface area contributed by atoms with Crippen molar-refractivity contribution in [2.45, 2.75) is 0 Å². The highest BCUT2D eigenvalue weighted by Gasteiger charge is 2.18. The highest BCUT2D eigenvalue weighted by Crippen LogP contribution is 2.32. The largest absolute Gasteiger partial charge is 0.486 e. The van der Waals surface area contributed by atoms with Crippen LogP contribution in [0, 0.1) is 0 Å². The molecule has 0 spiro atoms. The molecule has 0 saturated heterocycles. The van der Waals surface area contributed by atoms with Gasteiger partial charge in [-0.25, -0.2) is 0 Å². The summed E-state index contributed by atoms with van der Waals surface area (Å²) in [6, 6.07) is 6.59. The van der Waals surface area contributed by atoms with Crippen LogP contribution in [0.1, 0.15) is 15.9 Å². The molecule has 0 saturated carbocycles. The van der Waals surface area contributed by atoms with Crippen molar-refractivity contribution in [1.82, 2.24) is 0 Å². The van der Waals surface area contributed by atoms with Crippen LogP contribution < -0.4 is 9.47 Å². The Labute approximate surface area is 108 Å². The molecule has 5 heteroatoms. The number of hydrogen-bond acceptors (Lipinski definition) is 4. The van der Waals surface area contributed by atoms with Gasteiger partial charge < -0.3 is 13.9 Å². The van der Waals surface area contributed by atoms with Crippen molar-refractivity contribution in [2.24, 2.45) is 0 Å². The Balaban J connectivity index is 1.98. The average Bonchev–Trinajstić information content (AvgIpc) is 2.83. The zero-order valence-corrected chi connectivity index (χ0v) is 10.1. The fourth-order valence-electron chi connectivity index (χ4n) is 1.80. The lowest BCUT2D eigenvalue weighted by molar-refractivity contribution is 0.103. The van der Waals surface area contributed by atoms with Crippen molar-refractivity contribution in [2.75, 3.05) is 13.2 Å². The number of furan rings is 1. The van der Waals surface area contributed by atoms with Crippen LogP contribution in [0.2, 0.25) is 5.22 Å². The highest BCUT2D eigenvalue weighted by atomic mass is 35.5. The summed E-state index contributed by atoms with van der Waals surface area (Å²) in [6.45, 7) is 1.00. The van der Waals surface area contributed by atoms with Gasteiger partial charge in [-0.15, -0.1) is 0 Å². The van der Waals surface area contributed by atoms with Crippen molar-refractivity contribution in [3.05, 3.63) is 46.9 Å². The van der Waals surface area contributed by atoms with Crippen LogP contribution in [0.25, 0.3) is 0 Å². The van der Waals surface area contributed by atoms with Crippen LogP contribution in [0.5, 0.6) is 11.5 Å². The van der Waals surface area contributed by atoms with Crippen LogP contribution >= 0.6 is 11.6 Å². The summed E-state index contributed by atoms with van der Waals surface area (Å²) < 4.78 is 15.7. The van der Waals surface area contributed by atoms with E-state index in [-0.39, 0.29) is 11.0 Å². The van der Waals surface area contributed by atoms with Crippen molar-refractivity contribution < 1.29 is 18.7 Å². The Hall–Kier alpha value is -1.94. The van der Waals surface area contributed by atoms with Crippen molar-refractivity contribution >= 4 is 17.4 Å². The highest BCUT2D eigenvalue weighted by molar-refractivity contribution is 6.33. The lowest BCUT2D eigenvalue weighted by atomic mass is 10.1. The maximum Gasteiger partial charge on any atom is 0.204 e. The Morgan fingerprint density at radius 2 is 1.89 bits per heavy atom. The molecular formula is C13H9ClO4. The molecule has 0 atom stereocenters. The summed E-state index contributed by atoms with van der Waals surface area (Å²) in [5.41, 5.74) is 0.830. The number of hydrogen-bond donors (Lipinski definition) is 0. The summed E-state index contributed by atoms with van der Waals surface area (Å²) in [7, 11) is 0. The minimum absolute atomic E-state index is 0.0925. The minimum Gasteiger partial charge on any atom is -0.486 e. The number of rotatable bonds is 2. The molecule has 1 aromatic carbocycles. The smallest absolute Gasteiger partial charge is 0.204 e. The van der Waals surface area contributed by atoms with Gasteiger partial charge in [0.1, 0.15) is 13.2 Å². The molecule has 18 heavy (non-hydrogen) atoms. The number of ether oxygens (including phenoxy) is 2. The fourth-order valence-corrected chi connectivity index (χ4v) is 2.00. The van der Waals surface area contributed by atoms with Crippen LogP contribution in [-0.2, 0) is 0 Å². The molecule has 0 N–H and O–H groups in total. The van der Waals surface area contributed by atoms with E-state index in [1.807, 2.05) is 0 Å². The number of benzene rings is 1. The molecule has 0 amide bonds. The molecule has 2 heterocycles. The Kier molecular flexibility index (Phi) is 2.72. The third-order valence-corrected chi connectivity index (χ3v) is 2.96. The molecular weight excluding hydrogens is 256 g/mol. The van der Waals surface area contributed by atoms with Crippen LogP contribution in [0.15, 0.2) is 34.9 Å². The summed E-state index contributed by atoms with van der Waals surface area (Å²) in [4.78, 5) is 12.2. The maximum absolute atomic E-state index is 12.2. The first kappa shape index (κ1) is 11.2. The number of halogens is 1. The van der Waals surface area contributed by atoms with E-state index >= 15 is 0 Å². The van der Waals surface area contributed by atoms with E-state index in [9.17, 15) is 4.79 Å². The van der Waals surface area contributed by atoms with Crippen molar-refractivity contribution in [3.63, 3.8) is 0 Å². The second-order valence-corrected chi connectivity index (χ2v) is 4.14. The van der Waals surface area contributed by atoms with Crippen LogP contribution in [-0.4, -0.2) is 19.0 Å². The normalized spacial score (nSPS) is 13.4. The van der Waals surface area contributed by atoms with E-state index in [2.05, 4.69) is 0 Å². The molecule has 1 aliphatic heterocycles. The minimum atomic E-state index is -0.203. The van der Waals surface area contributed by atoms with E-state index in [4.69, 9.17) is 25.5 Å². The van der Waals surface area contributed by atoms with E-state index in [0.717, 1.165) is 0 Å².